The van der Waals surface area contributed by atoms with Gasteiger partial charge in [-0.05, 0) is 29.7 Å². The summed E-state index contributed by atoms with van der Waals surface area (Å²) in [6.07, 6.45) is 4.34. The number of nitrogens with two attached hydrogens (primary N) is 2. The Balaban J connectivity index is 1.46. The third kappa shape index (κ3) is 3.86. The zero-order valence-corrected chi connectivity index (χ0v) is 15.8. The van der Waals surface area contributed by atoms with E-state index in [9.17, 15) is 9.59 Å². The number of H-pyrrole nitrogens is 2. The van der Waals surface area contributed by atoms with E-state index in [-0.39, 0.29) is 0 Å². The molecule has 2 amide bonds. The lowest BCUT2D eigenvalue weighted by atomic mass is 10.0. The molecule has 0 radical (unpaired) electrons. The van der Waals surface area contributed by atoms with E-state index in [4.69, 9.17) is 11.5 Å². The van der Waals surface area contributed by atoms with Crippen molar-refractivity contribution in [1.82, 2.24) is 15.3 Å². The van der Waals surface area contributed by atoms with Gasteiger partial charge >= 0.3 is 0 Å². The molecule has 7 nitrogen and oxygen atoms in total. The number of carbonyl (C=O) groups excluding carboxylic acids is 2. The van der Waals surface area contributed by atoms with Crippen molar-refractivity contribution in [2.24, 2.45) is 11.5 Å². The Labute approximate surface area is 167 Å². The van der Waals surface area contributed by atoms with Crippen molar-refractivity contribution in [2.75, 3.05) is 0 Å². The lowest BCUT2D eigenvalue weighted by Crippen LogP contribution is -2.51. The van der Waals surface area contributed by atoms with Crippen LogP contribution in [-0.4, -0.2) is 33.9 Å². The number of rotatable bonds is 7. The van der Waals surface area contributed by atoms with E-state index in [1.165, 1.54) is 0 Å². The number of nitrogens with one attached hydrogen (secondary N) is 3. The largest absolute Gasteiger partial charge is 0.368 e. The van der Waals surface area contributed by atoms with Crippen molar-refractivity contribution in [2.45, 2.75) is 24.9 Å². The Morgan fingerprint density at radius 1 is 0.862 bits per heavy atom. The minimum atomic E-state index is -0.837. The molecule has 4 rings (SSSR count). The molecule has 4 aromatic rings. The fourth-order valence-electron chi connectivity index (χ4n) is 3.65. The number of fused-ring (bicyclic) bond motifs is 2. The fourth-order valence-corrected chi connectivity index (χ4v) is 3.65. The Kier molecular flexibility index (Phi) is 5.05. The summed E-state index contributed by atoms with van der Waals surface area (Å²) in [6.45, 7) is 0. The predicted molar refractivity (Wildman–Crippen MR) is 113 cm³/mol. The molecule has 2 aromatic heterocycles. The molecule has 0 bridgehead atoms. The van der Waals surface area contributed by atoms with Crippen LogP contribution in [0.2, 0.25) is 0 Å². The first kappa shape index (κ1) is 18.8. The number of benzene rings is 2. The highest BCUT2D eigenvalue weighted by molar-refractivity contribution is 5.91. The Hall–Kier alpha value is -3.58. The van der Waals surface area contributed by atoms with Crippen LogP contribution < -0.4 is 16.8 Å². The van der Waals surface area contributed by atoms with E-state index < -0.39 is 23.9 Å². The molecule has 2 heterocycles. The zero-order chi connectivity index (χ0) is 20.4. The van der Waals surface area contributed by atoms with Gasteiger partial charge in [0.2, 0.25) is 11.8 Å². The van der Waals surface area contributed by atoms with Gasteiger partial charge in [0.05, 0.1) is 6.04 Å². The van der Waals surface area contributed by atoms with Crippen molar-refractivity contribution in [3.05, 3.63) is 72.1 Å². The molecule has 0 aliphatic carbocycles. The van der Waals surface area contributed by atoms with Crippen LogP contribution in [0.3, 0.4) is 0 Å². The number of carbonyl (C=O) groups is 2. The van der Waals surface area contributed by atoms with Gasteiger partial charge in [0.25, 0.3) is 0 Å². The van der Waals surface area contributed by atoms with Crippen molar-refractivity contribution in [3.63, 3.8) is 0 Å². The molecule has 0 spiro atoms. The van der Waals surface area contributed by atoms with Crippen molar-refractivity contribution in [3.8, 4) is 0 Å². The number of para-hydroxylation sites is 2. The van der Waals surface area contributed by atoms with Gasteiger partial charge < -0.3 is 26.8 Å². The van der Waals surface area contributed by atoms with Gasteiger partial charge in [0.1, 0.15) is 6.04 Å². The second-order valence-electron chi connectivity index (χ2n) is 7.20. The molecule has 7 heteroatoms. The minimum Gasteiger partial charge on any atom is -0.368 e. The number of hydrogen-bond donors (Lipinski definition) is 5. The SMILES string of the molecule is NC(=O)[C@@H](Cc1c[nH]c2ccccc12)NC(=O)[C@@H](N)Cc1c[nH]c2ccccc12. The highest BCUT2D eigenvalue weighted by Crippen LogP contribution is 2.20. The van der Waals surface area contributed by atoms with E-state index >= 15 is 0 Å². The van der Waals surface area contributed by atoms with Crippen LogP contribution >= 0.6 is 0 Å². The highest BCUT2D eigenvalue weighted by atomic mass is 16.2. The number of aromatic amines is 2. The minimum absolute atomic E-state index is 0.297. The van der Waals surface area contributed by atoms with Crippen LogP contribution in [0.15, 0.2) is 60.9 Å². The molecule has 148 valence electrons. The topological polar surface area (TPSA) is 130 Å². The first-order valence-corrected chi connectivity index (χ1v) is 9.48. The Morgan fingerprint density at radius 2 is 1.38 bits per heavy atom. The Bertz CT molecular complexity index is 1180. The molecule has 2 aromatic carbocycles. The average molecular weight is 389 g/mol. The van der Waals surface area contributed by atoms with Crippen LogP contribution in [0, 0.1) is 0 Å². The molecule has 0 fully saturated rings. The van der Waals surface area contributed by atoms with Crippen LogP contribution in [-0.2, 0) is 22.4 Å². The molecular weight excluding hydrogens is 366 g/mol. The van der Waals surface area contributed by atoms with Crippen LogP contribution in [0.1, 0.15) is 11.1 Å². The molecule has 0 unspecified atom stereocenters. The van der Waals surface area contributed by atoms with Gasteiger partial charge in [-0.1, -0.05) is 36.4 Å². The molecular formula is C22H23N5O2. The number of hydrogen-bond acceptors (Lipinski definition) is 3. The maximum atomic E-state index is 12.7. The lowest BCUT2D eigenvalue weighted by Gasteiger charge is -2.18. The van der Waals surface area contributed by atoms with Crippen molar-refractivity contribution in [1.29, 1.82) is 0 Å². The first-order valence-electron chi connectivity index (χ1n) is 9.48. The molecule has 29 heavy (non-hydrogen) atoms. The summed E-state index contributed by atoms with van der Waals surface area (Å²) < 4.78 is 0. The van der Waals surface area contributed by atoms with E-state index in [2.05, 4.69) is 15.3 Å². The molecule has 0 aliphatic heterocycles. The van der Waals surface area contributed by atoms with Gasteiger partial charge in [-0.25, -0.2) is 0 Å². The Morgan fingerprint density at radius 3 is 1.93 bits per heavy atom. The van der Waals surface area contributed by atoms with E-state index in [0.29, 0.717) is 12.8 Å². The van der Waals surface area contributed by atoms with Gasteiger partial charge in [0, 0.05) is 40.6 Å². The predicted octanol–water partition coefficient (Wildman–Crippen LogP) is 1.73. The maximum Gasteiger partial charge on any atom is 0.240 e. The molecule has 0 saturated heterocycles. The van der Waals surface area contributed by atoms with Gasteiger partial charge in [0.15, 0.2) is 0 Å². The second-order valence-corrected chi connectivity index (χ2v) is 7.20. The quantitative estimate of drug-likeness (QED) is 0.330. The summed E-state index contributed by atoms with van der Waals surface area (Å²) in [5.41, 5.74) is 15.5. The third-order valence-corrected chi connectivity index (χ3v) is 5.21. The molecule has 2 atom stereocenters. The van der Waals surface area contributed by atoms with E-state index in [1.807, 2.05) is 60.9 Å². The smallest absolute Gasteiger partial charge is 0.240 e. The molecule has 0 saturated carbocycles. The van der Waals surface area contributed by atoms with Crippen LogP contribution in [0.25, 0.3) is 21.8 Å². The van der Waals surface area contributed by atoms with E-state index in [1.54, 1.807) is 0 Å². The third-order valence-electron chi connectivity index (χ3n) is 5.21. The van der Waals surface area contributed by atoms with Crippen LogP contribution in [0.5, 0.6) is 0 Å². The van der Waals surface area contributed by atoms with E-state index in [0.717, 1.165) is 32.9 Å². The number of aromatic nitrogens is 2. The summed E-state index contributed by atoms with van der Waals surface area (Å²) in [5.74, 6) is -0.998. The average Bonchev–Trinajstić information content (AvgIpc) is 3.32. The standard InChI is InChI=1S/C22H23N5O2/c23-17(9-13-11-25-18-7-3-1-5-15(13)18)22(29)27-20(21(24)28)10-14-12-26-19-8-4-2-6-16(14)19/h1-8,11-12,17,20,25-26H,9-10,23H2,(H2,24,28)(H,27,29)/t17-,20+/m0/s1. The lowest BCUT2D eigenvalue weighted by molar-refractivity contribution is -0.128. The zero-order valence-electron chi connectivity index (χ0n) is 15.8. The first-order chi connectivity index (χ1) is 14.0. The summed E-state index contributed by atoms with van der Waals surface area (Å²) in [7, 11) is 0. The summed E-state index contributed by atoms with van der Waals surface area (Å²) in [6, 6.07) is 14.0. The maximum absolute atomic E-state index is 12.7. The molecule has 0 aliphatic rings. The summed E-state index contributed by atoms with van der Waals surface area (Å²) >= 11 is 0. The van der Waals surface area contributed by atoms with Gasteiger partial charge in [-0.2, -0.15) is 0 Å². The van der Waals surface area contributed by atoms with Gasteiger partial charge in [-0.15, -0.1) is 0 Å². The van der Waals surface area contributed by atoms with Crippen LogP contribution in [0.4, 0.5) is 0 Å². The summed E-state index contributed by atoms with van der Waals surface area (Å²) in [5, 5.41) is 4.74. The second kappa shape index (κ2) is 7.81. The number of primary amides is 1. The van der Waals surface area contributed by atoms with Crippen molar-refractivity contribution < 1.29 is 9.59 Å². The molecule has 7 N–H and O–H groups in total. The summed E-state index contributed by atoms with van der Waals surface area (Å²) in [4.78, 5) is 30.9. The highest BCUT2D eigenvalue weighted by Gasteiger charge is 2.24. The van der Waals surface area contributed by atoms with Crippen molar-refractivity contribution >= 4 is 33.6 Å². The monoisotopic (exact) mass is 389 g/mol. The van der Waals surface area contributed by atoms with Gasteiger partial charge in [-0.3, -0.25) is 9.59 Å². The number of amides is 2. The fraction of sp³-hybridized carbons (Fsp3) is 0.182. The normalized spacial score (nSPS) is 13.4.